The van der Waals surface area contributed by atoms with E-state index in [1.54, 1.807) is 7.11 Å². The quantitative estimate of drug-likeness (QED) is 0.250. The topological polar surface area (TPSA) is 42.4 Å². The van der Waals surface area contributed by atoms with Gasteiger partial charge in [-0.05, 0) is 41.8 Å². The largest absolute Gasteiger partial charge is 0.497 e. The number of fused-ring (bicyclic) bond motifs is 1. The Hall–Kier alpha value is -4.44. The smallest absolute Gasteiger partial charge is 0.254 e. The number of amides is 1. The van der Waals surface area contributed by atoms with Crippen LogP contribution in [-0.4, -0.2) is 29.4 Å². The average Bonchev–Trinajstić information content (AvgIpc) is 2.95. The second-order valence-electron chi connectivity index (χ2n) is 8.75. The summed E-state index contributed by atoms with van der Waals surface area (Å²) in [5.74, 6) is 0.751. The molecule has 0 fully saturated rings. The van der Waals surface area contributed by atoms with Gasteiger partial charge in [-0.3, -0.25) is 4.79 Å². The molecule has 0 atom stereocenters. The molecule has 0 bridgehead atoms. The zero-order valence-corrected chi connectivity index (χ0v) is 20.3. The number of hydrogen-bond donors (Lipinski definition) is 0. The number of hydrogen-bond acceptors (Lipinski definition) is 3. The molecule has 1 amide bonds. The highest BCUT2D eigenvalue weighted by molar-refractivity contribution is 6.07. The number of nitrogens with zero attached hydrogens (tertiary/aromatic N) is 2. The van der Waals surface area contributed by atoms with Crippen LogP contribution in [0.25, 0.3) is 22.2 Å². The summed E-state index contributed by atoms with van der Waals surface area (Å²) in [4.78, 5) is 21.0. The number of methoxy groups -OCH3 is 1. The zero-order chi connectivity index (χ0) is 24.7. The molecular formula is C32H28N2O2. The number of carbonyl (C=O) groups is 1. The third-order valence-corrected chi connectivity index (χ3v) is 6.33. The number of rotatable bonds is 8. The lowest BCUT2D eigenvalue weighted by molar-refractivity contribution is 0.0747. The summed E-state index contributed by atoms with van der Waals surface area (Å²) in [6.07, 6.45) is 0.783. The van der Waals surface area contributed by atoms with E-state index in [0.29, 0.717) is 18.7 Å². The van der Waals surface area contributed by atoms with E-state index in [1.807, 2.05) is 95.9 Å². The van der Waals surface area contributed by atoms with Crippen molar-refractivity contribution in [2.45, 2.75) is 13.0 Å². The van der Waals surface area contributed by atoms with Crippen molar-refractivity contribution in [1.82, 2.24) is 9.88 Å². The van der Waals surface area contributed by atoms with Crippen LogP contribution in [0.2, 0.25) is 0 Å². The van der Waals surface area contributed by atoms with Crippen molar-refractivity contribution in [3.63, 3.8) is 0 Å². The zero-order valence-electron chi connectivity index (χ0n) is 20.3. The van der Waals surface area contributed by atoms with E-state index >= 15 is 0 Å². The highest BCUT2D eigenvalue weighted by atomic mass is 16.5. The van der Waals surface area contributed by atoms with Crippen LogP contribution in [0.3, 0.4) is 0 Å². The van der Waals surface area contributed by atoms with Crippen LogP contribution in [0, 0.1) is 0 Å². The van der Waals surface area contributed by atoms with Crippen molar-refractivity contribution in [3.8, 4) is 17.0 Å². The molecule has 4 aromatic carbocycles. The molecule has 5 rings (SSSR count). The predicted molar refractivity (Wildman–Crippen MR) is 145 cm³/mol. The fourth-order valence-corrected chi connectivity index (χ4v) is 4.42. The minimum atomic E-state index is -0.00229. The first kappa shape index (κ1) is 23.3. The van der Waals surface area contributed by atoms with Crippen LogP contribution in [0.1, 0.15) is 21.5 Å². The minimum absolute atomic E-state index is 0.00229. The molecule has 36 heavy (non-hydrogen) atoms. The summed E-state index contributed by atoms with van der Waals surface area (Å²) < 4.78 is 5.42. The maximum absolute atomic E-state index is 14.2. The maximum atomic E-state index is 14.2. The molecule has 0 aliphatic heterocycles. The van der Waals surface area contributed by atoms with Crippen LogP contribution in [0.5, 0.6) is 5.75 Å². The molecule has 0 spiro atoms. The van der Waals surface area contributed by atoms with Crippen molar-refractivity contribution in [2.75, 3.05) is 13.7 Å². The van der Waals surface area contributed by atoms with Crippen LogP contribution in [0.15, 0.2) is 115 Å². The van der Waals surface area contributed by atoms with E-state index in [1.165, 1.54) is 5.56 Å². The molecule has 0 aliphatic carbocycles. The summed E-state index contributed by atoms with van der Waals surface area (Å²) in [6.45, 7) is 1.15. The monoisotopic (exact) mass is 472 g/mol. The molecule has 0 aliphatic rings. The number of carbonyl (C=O) groups excluding carboxylic acids is 1. The molecule has 0 radical (unpaired) electrons. The maximum Gasteiger partial charge on any atom is 0.254 e. The van der Waals surface area contributed by atoms with Crippen LogP contribution in [0.4, 0.5) is 0 Å². The molecule has 1 aromatic heterocycles. The summed E-state index contributed by atoms with van der Waals surface area (Å²) in [6, 6.07) is 38.0. The second-order valence-corrected chi connectivity index (χ2v) is 8.75. The van der Waals surface area contributed by atoms with Gasteiger partial charge in [-0.1, -0.05) is 91.0 Å². The van der Waals surface area contributed by atoms with Crippen LogP contribution in [-0.2, 0) is 13.0 Å². The van der Waals surface area contributed by atoms with E-state index in [9.17, 15) is 4.79 Å². The molecule has 0 saturated carbocycles. The molecular weight excluding hydrogens is 444 g/mol. The van der Waals surface area contributed by atoms with Crippen molar-refractivity contribution in [1.29, 1.82) is 0 Å². The van der Waals surface area contributed by atoms with E-state index in [4.69, 9.17) is 9.72 Å². The van der Waals surface area contributed by atoms with E-state index in [0.717, 1.165) is 39.9 Å². The number of benzene rings is 4. The first-order valence-electron chi connectivity index (χ1n) is 12.1. The highest BCUT2D eigenvalue weighted by Crippen LogP contribution is 2.28. The van der Waals surface area contributed by atoms with Crippen molar-refractivity contribution < 1.29 is 9.53 Å². The normalized spacial score (nSPS) is 10.8. The second kappa shape index (κ2) is 10.9. The summed E-state index contributed by atoms with van der Waals surface area (Å²) in [5, 5.41) is 0.854. The lowest BCUT2D eigenvalue weighted by atomic mass is 10.0. The number of aromatic nitrogens is 1. The first-order valence-corrected chi connectivity index (χ1v) is 12.1. The Bertz CT molecular complexity index is 1470. The van der Waals surface area contributed by atoms with Crippen molar-refractivity contribution in [3.05, 3.63) is 132 Å². The van der Waals surface area contributed by atoms with E-state index in [2.05, 4.69) is 24.3 Å². The Kier molecular flexibility index (Phi) is 7.04. The molecule has 0 saturated heterocycles. The van der Waals surface area contributed by atoms with Gasteiger partial charge in [0.05, 0.1) is 23.9 Å². The minimum Gasteiger partial charge on any atom is -0.497 e. The fourth-order valence-electron chi connectivity index (χ4n) is 4.42. The lowest BCUT2D eigenvalue weighted by Crippen LogP contribution is -2.32. The van der Waals surface area contributed by atoms with Gasteiger partial charge in [-0.2, -0.15) is 0 Å². The van der Waals surface area contributed by atoms with Gasteiger partial charge in [0.15, 0.2) is 0 Å². The van der Waals surface area contributed by atoms with Gasteiger partial charge in [0.25, 0.3) is 5.91 Å². The van der Waals surface area contributed by atoms with Crippen LogP contribution >= 0.6 is 0 Å². The lowest BCUT2D eigenvalue weighted by Gasteiger charge is -2.24. The molecule has 5 aromatic rings. The SMILES string of the molecule is COc1cccc(-c2cc(C(=O)N(CCc3ccccc3)Cc3ccccc3)c3ccccc3n2)c1. The van der Waals surface area contributed by atoms with Gasteiger partial charge >= 0.3 is 0 Å². The Labute approximate surface area is 211 Å². The van der Waals surface area contributed by atoms with Gasteiger partial charge in [0, 0.05) is 24.0 Å². The highest BCUT2D eigenvalue weighted by Gasteiger charge is 2.20. The van der Waals surface area contributed by atoms with Crippen molar-refractivity contribution >= 4 is 16.8 Å². The fraction of sp³-hybridized carbons (Fsp3) is 0.125. The molecule has 4 heteroatoms. The Morgan fingerprint density at radius 3 is 2.22 bits per heavy atom. The molecule has 4 nitrogen and oxygen atoms in total. The Balaban J connectivity index is 1.55. The molecule has 0 N–H and O–H groups in total. The van der Waals surface area contributed by atoms with E-state index < -0.39 is 0 Å². The number of para-hydroxylation sites is 1. The number of pyridine rings is 1. The molecule has 0 unspecified atom stereocenters. The van der Waals surface area contributed by atoms with Gasteiger partial charge < -0.3 is 9.64 Å². The summed E-state index contributed by atoms with van der Waals surface area (Å²) >= 11 is 0. The average molecular weight is 473 g/mol. The van der Waals surface area contributed by atoms with Gasteiger partial charge in [-0.15, -0.1) is 0 Å². The molecule has 1 heterocycles. The summed E-state index contributed by atoms with van der Waals surface area (Å²) in [7, 11) is 1.65. The summed E-state index contributed by atoms with van der Waals surface area (Å²) in [5.41, 5.74) is 5.42. The van der Waals surface area contributed by atoms with Crippen LogP contribution < -0.4 is 4.74 Å². The third-order valence-electron chi connectivity index (χ3n) is 6.33. The molecule has 178 valence electrons. The van der Waals surface area contributed by atoms with E-state index in [-0.39, 0.29) is 5.91 Å². The van der Waals surface area contributed by atoms with Gasteiger partial charge in [-0.25, -0.2) is 4.98 Å². The first-order chi connectivity index (χ1) is 17.7. The standard InChI is InChI=1S/C32H28N2O2/c1-36-27-16-10-15-26(21-27)31-22-29(28-17-8-9-18-30(28)33-31)32(35)34(23-25-13-6-3-7-14-25)20-19-24-11-4-2-5-12-24/h2-18,21-22H,19-20,23H2,1H3. The Morgan fingerprint density at radius 1 is 0.778 bits per heavy atom. The Morgan fingerprint density at radius 2 is 1.47 bits per heavy atom. The predicted octanol–water partition coefficient (Wildman–Crippen LogP) is 6.80. The van der Waals surface area contributed by atoms with Gasteiger partial charge in [0.2, 0.25) is 0 Å². The van der Waals surface area contributed by atoms with Gasteiger partial charge in [0.1, 0.15) is 5.75 Å². The number of ether oxygens (including phenoxy) is 1. The third kappa shape index (κ3) is 5.28. The van der Waals surface area contributed by atoms with Crippen molar-refractivity contribution in [2.24, 2.45) is 0 Å².